The first kappa shape index (κ1) is 18.4. The Bertz CT molecular complexity index is 1010. The third-order valence-corrected chi connectivity index (χ3v) is 5.53. The number of aromatic nitrogens is 1. The maximum Gasteiger partial charge on any atom is 0.251 e. The molecular formula is C23H26N2O3. The number of aryl methyl sites for hydroxylation is 2. The Morgan fingerprint density at radius 2 is 1.93 bits per heavy atom. The van der Waals surface area contributed by atoms with Crippen molar-refractivity contribution in [3.05, 3.63) is 58.8 Å². The molecule has 146 valence electrons. The van der Waals surface area contributed by atoms with E-state index in [9.17, 15) is 4.79 Å². The molecule has 1 aromatic heterocycles. The number of carbonyl (C=O) groups excluding carboxylic acids is 1. The molecule has 1 aliphatic rings. The molecule has 1 heterocycles. The third kappa shape index (κ3) is 3.57. The molecular weight excluding hydrogens is 352 g/mol. The number of carbonyl (C=O) groups is 1. The van der Waals surface area contributed by atoms with Gasteiger partial charge in [0.05, 0.1) is 14.2 Å². The first-order valence-electron chi connectivity index (χ1n) is 9.82. The van der Waals surface area contributed by atoms with Crippen LogP contribution in [0, 0.1) is 0 Å². The van der Waals surface area contributed by atoms with Crippen LogP contribution in [0.1, 0.15) is 40.0 Å². The zero-order chi connectivity index (χ0) is 19.5. The standard InChI is InChI=1S/C23H26N2O3/c1-27-17-8-10-22(28-2)15(13-17)11-12-24-23(26)16-7-9-21-19(14-16)18-5-3-4-6-20(18)25-21/h7-10,13-14,25H,3-6,11-12H2,1-2H3,(H,24,26). The van der Waals surface area contributed by atoms with E-state index in [1.807, 2.05) is 36.4 Å². The van der Waals surface area contributed by atoms with Crippen LogP contribution >= 0.6 is 0 Å². The SMILES string of the molecule is COc1ccc(OC)c(CCNC(=O)c2ccc3[nH]c4c(c3c2)CCCC4)c1. The van der Waals surface area contributed by atoms with Gasteiger partial charge in [0.25, 0.3) is 5.91 Å². The second-order valence-electron chi connectivity index (χ2n) is 7.23. The highest BCUT2D eigenvalue weighted by atomic mass is 16.5. The molecule has 0 bridgehead atoms. The number of fused-ring (bicyclic) bond motifs is 3. The van der Waals surface area contributed by atoms with E-state index in [0.29, 0.717) is 18.5 Å². The summed E-state index contributed by atoms with van der Waals surface area (Å²) in [6.45, 7) is 0.533. The molecule has 2 aromatic carbocycles. The molecule has 5 nitrogen and oxygen atoms in total. The Labute approximate surface area is 165 Å². The summed E-state index contributed by atoms with van der Waals surface area (Å²) in [7, 11) is 3.29. The van der Waals surface area contributed by atoms with Crippen LogP contribution < -0.4 is 14.8 Å². The van der Waals surface area contributed by atoms with Gasteiger partial charge in [-0.1, -0.05) is 0 Å². The van der Waals surface area contributed by atoms with E-state index in [2.05, 4.69) is 10.3 Å². The van der Waals surface area contributed by atoms with Crippen LogP contribution in [0.5, 0.6) is 11.5 Å². The lowest BCUT2D eigenvalue weighted by atomic mass is 9.95. The van der Waals surface area contributed by atoms with Crippen molar-refractivity contribution in [2.45, 2.75) is 32.1 Å². The summed E-state index contributed by atoms with van der Waals surface area (Å²) in [6.07, 6.45) is 5.33. The van der Waals surface area contributed by atoms with Crippen molar-refractivity contribution < 1.29 is 14.3 Å². The Morgan fingerprint density at radius 1 is 1.07 bits per heavy atom. The minimum Gasteiger partial charge on any atom is -0.497 e. The zero-order valence-corrected chi connectivity index (χ0v) is 16.4. The van der Waals surface area contributed by atoms with Gasteiger partial charge in [0, 0.05) is 28.7 Å². The molecule has 1 aliphatic carbocycles. The second kappa shape index (κ2) is 7.97. The predicted octanol–water partition coefficient (Wildman–Crippen LogP) is 4.04. The smallest absolute Gasteiger partial charge is 0.251 e. The summed E-state index contributed by atoms with van der Waals surface area (Å²) < 4.78 is 10.7. The van der Waals surface area contributed by atoms with Gasteiger partial charge in [-0.25, -0.2) is 0 Å². The number of aromatic amines is 1. The van der Waals surface area contributed by atoms with Gasteiger partial charge in [-0.2, -0.15) is 0 Å². The number of methoxy groups -OCH3 is 2. The molecule has 0 atom stereocenters. The van der Waals surface area contributed by atoms with Gasteiger partial charge >= 0.3 is 0 Å². The van der Waals surface area contributed by atoms with Gasteiger partial charge in [-0.3, -0.25) is 4.79 Å². The molecule has 1 amide bonds. The quantitative estimate of drug-likeness (QED) is 0.681. The number of nitrogens with one attached hydrogen (secondary N) is 2. The highest BCUT2D eigenvalue weighted by Crippen LogP contribution is 2.29. The fraction of sp³-hybridized carbons (Fsp3) is 0.348. The van der Waals surface area contributed by atoms with Crippen LogP contribution in [0.15, 0.2) is 36.4 Å². The molecule has 0 radical (unpaired) electrons. The van der Waals surface area contributed by atoms with Gasteiger partial charge in [-0.05, 0) is 79.6 Å². The second-order valence-corrected chi connectivity index (χ2v) is 7.23. The fourth-order valence-electron chi connectivity index (χ4n) is 4.04. The molecule has 0 unspecified atom stereocenters. The summed E-state index contributed by atoms with van der Waals surface area (Å²) in [5.74, 6) is 1.54. The predicted molar refractivity (Wildman–Crippen MR) is 111 cm³/mol. The molecule has 0 aliphatic heterocycles. The van der Waals surface area contributed by atoms with Crippen molar-refractivity contribution in [3.63, 3.8) is 0 Å². The summed E-state index contributed by atoms with van der Waals surface area (Å²) in [4.78, 5) is 16.2. The van der Waals surface area contributed by atoms with E-state index >= 15 is 0 Å². The van der Waals surface area contributed by atoms with Gasteiger partial charge in [0.2, 0.25) is 0 Å². The van der Waals surface area contributed by atoms with E-state index in [-0.39, 0.29) is 5.91 Å². The molecule has 0 saturated heterocycles. The lowest BCUT2D eigenvalue weighted by Gasteiger charge is -2.12. The Morgan fingerprint density at radius 3 is 2.75 bits per heavy atom. The number of ether oxygens (including phenoxy) is 2. The van der Waals surface area contributed by atoms with E-state index in [1.54, 1.807) is 14.2 Å². The zero-order valence-electron chi connectivity index (χ0n) is 16.4. The fourth-order valence-corrected chi connectivity index (χ4v) is 4.04. The largest absolute Gasteiger partial charge is 0.497 e. The van der Waals surface area contributed by atoms with Crippen molar-refractivity contribution in [1.82, 2.24) is 10.3 Å². The molecule has 0 fully saturated rings. The monoisotopic (exact) mass is 378 g/mol. The summed E-state index contributed by atoms with van der Waals surface area (Å²) in [6, 6.07) is 11.6. The van der Waals surface area contributed by atoms with Crippen molar-refractivity contribution in [2.75, 3.05) is 20.8 Å². The highest BCUT2D eigenvalue weighted by molar-refractivity contribution is 5.99. The van der Waals surface area contributed by atoms with Crippen LogP contribution in [-0.4, -0.2) is 31.7 Å². The average Bonchev–Trinajstić information content (AvgIpc) is 3.11. The summed E-state index contributed by atoms with van der Waals surface area (Å²) in [5, 5.41) is 4.22. The number of amides is 1. The Hall–Kier alpha value is -2.95. The number of benzene rings is 2. The van der Waals surface area contributed by atoms with E-state index in [0.717, 1.165) is 35.4 Å². The van der Waals surface area contributed by atoms with Crippen molar-refractivity contribution in [2.24, 2.45) is 0 Å². The number of hydrogen-bond donors (Lipinski definition) is 2. The molecule has 3 aromatic rings. The van der Waals surface area contributed by atoms with E-state index in [1.165, 1.54) is 29.5 Å². The number of H-pyrrole nitrogens is 1. The van der Waals surface area contributed by atoms with Crippen LogP contribution in [0.4, 0.5) is 0 Å². The van der Waals surface area contributed by atoms with E-state index < -0.39 is 0 Å². The van der Waals surface area contributed by atoms with Gasteiger partial charge in [0.15, 0.2) is 0 Å². The maximum atomic E-state index is 12.7. The molecule has 2 N–H and O–H groups in total. The lowest BCUT2D eigenvalue weighted by molar-refractivity contribution is 0.0954. The first-order valence-corrected chi connectivity index (χ1v) is 9.82. The van der Waals surface area contributed by atoms with Gasteiger partial charge in [-0.15, -0.1) is 0 Å². The Kier molecular flexibility index (Phi) is 5.24. The molecule has 0 saturated carbocycles. The molecule has 0 spiro atoms. The van der Waals surface area contributed by atoms with E-state index in [4.69, 9.17) is 9.47 Å². The normalized spacial score (nSPS) is 13.2. The maximum absolute atomic E-state index is 12.7. The topological polar surface area (TPSA) is 63.4 Å². The minimum absolute atomic E-state index is 0.0467. The Balaban J connectivity index is 1.46. The first-order chi connectivity index (χ1) is 13.7. The minimum atomic E-state index is -0.0467. The van der Waals surface area contributed by atoms with Crippen molar-refractivity contribution in [1.29, 1.82) is 0 Å². The van der Waals surface area contributed by atoms with Crippen LogP contribution in [0.3, 0.4) is 0 Å². The highest BCUT2D eigenvalue weighted by Gasteiger charge is 2.17. The molecule has 4 rings (SSSR count). The molecule has 5 heteroatoms. The van der Waals surface area contributed by atoms with Crippen molar-refractivity contribution >= 4 is 16.8 Å². The number of rotatable bonds is 6. The average molecular weight is 378 g/mol. The van der Waals surface area contributed by atoms with Crippen molar-refractivity contribution in [3.8, 4) is 11.5 Å². The molecule has 28 heavy (non-hydrogen) atoms. The van der Waals surface area contributed by atoms with Crippen LogP contribution in [-0.2, 0) is 19.3 Å². The third-order valence-electron chi connectivity index (χ3n) is 5.53. The summed E-state index contributed by atoms with van der Waals surface area (Å²) in [5.41, 5.74) is 5.57. The van der Waals surface area contributed by atoms with Gasteiger partial charge in [0.1, 0.15) is 11.5 Å². The summed E-state index contributed by atoms with van der Waals surface area (Å²) >= 11 is 0. The van der Waals surface area contributed by atoms with Gasteiger partial charge < -0.3 is 19.8 Å². The number of hydrogen-bond acceptors (Lipinski definition) is 3. The van der Waals surface area contributed by atoms with Crippen LogP contribution in [0.25, 0.3) is 10.9 Å². The lowest BCUT2D eigenvalue weighted by Crippen LogP contribution is -2.25. The van der Waals surface area contributed by atoms with Crippen LogP contribution in [0.2, 0.25) is 0 Å².